The molecule has 0 amide bonds. The predicted octanol–water partition coefficient (Wildman–Crippen LogP) is 1.93. The number of nitrogens with one attached hydrogen (secondary N) is 1. The fourth-order valence-electron chi connectivity index (χ4n) is 2.02. The zero-order chi connectivity index (χ0) is 13.2. The molecule has 1 atom stereocenters. The summed E-state index contributed by atoms with van der Waals surface area (Å²) in [5.41, 5.74) is 1.98. The van der Waals surface area contributed by atoms with Crippen molar-refractivity contribution >= 4 is 16.9 Å². The van der Waals surface area contributed by atoms with E-state index in [4.69, 9.17) is 0 Å². The number of aryl methyl sites for hydroxylation is 1. The van der Waals surface area contributed by atoms with Gasteiger partial charge in [-0.15, -0.1) is 0 Å². The van der Waals surface area contributed by atoms with Crippen molar-refractivity contribution in [3.63, 3.8) is 0 Å². The van der Waals surface area contributed by atoms with E-state index in [2.05, 4.69) is 32.3 Å². The number of hydrogen-bond donors (Lipinski definition) is 1. The predicted molar refractivity (Wildman–Crippen MR) is 72.6 cm³/mol. The topological polar surface area (TPSA) is 68.5 Å². The number of nitrogens with zero attached hydrogens (tertiary/aromatic N) is 5. The van der Waals surface area contributed by atoms with Crippen molar-refractivity contribution in [3.8, 4) is 0 Å². The molecular weight excluding hydrogens is 240 g/mol. The SMILES string of the molecule is CC(Nc1ncnc2c1cnn2C)c1ccncc1. The first kappa shape index (κ1) is 11.6. The minimum Gasteiger partial charge on any atom is -0.363 e. The zero-order valence-electron chi connectivity index (χ0n) is 10.8. The third kappa shape index (κ3) is 2.12. The van der Waals surface area contributed by atoms with Crippen LogP contribution in [0.5, 0.6) is 0 Å². The quantitative estimate of drug-likeness (QED) is 0.773. The van der Waals surface area contributed by atoms with Crippen molar-refractivity contribution < 1.29 is 0 Å². The van der Waals surface area contributed by atoms with Gasteiger partial charge in [0.15, 0.2) is 5.65 Å². The van der Waals surface area contributed by atoms with Gasteiger partial charge in [-0.2, -0.15) is 5.10 Å². The normalized spacial score (nSPS) is 12.5. The second kappa shape index (κ2) is 4.64. The van der Waals surface area contributed by atoms with Crippen LogP contribution in [0, 0.1) is 0 Å². The van der Waals surface area contributed by atoms with Gasteiger partial charge >= 0.3 is 0 Å². The molecule has 1 unspecified atom stereocenters. The summed E-state index contributed by atoms with van der Waals surface area (Å²) in [7, 11) is 1.87. The molecule has 3 rings (SSSR count). The molecule has 0 saturated heterocycles. The maximum Gasteiger partial charge on any atom is 0.163 e. The first-order valence-corrected chi connectivity index (χ1v) is 6.05. The van der Waals surface area contributed by atoms with Gasteiger partial charge < -0.3 is 5.32 Å². The van der Waals surface area contributed by atoms with Gasteiger partial charge in [0.25, 0.3) is 0 Å². The zero-order valence-corrected chi connectivity index (χ0v) is 10.8. The third-order valence-corrected chi connectivity index (χ3v) is 3.09. The maximum absolute atomic E-state index is 4.29. The summed E-state index contributed by atoms with van der Waals surface area (Å²) in [6.07, 6.45) is 6.89. The highest BCUT2D eigenvalue weighted by atomic mass is 15.3. The van der Waals surface area contributed by atoms with Gasteiger partial charge in [0.1, 0.15) is 12.1 Å². The number of anilines is 1. The monoisotopic (exact) mass is 254 g/mol. The lowest BCUT2D eigenvalue weighted by atomic mass is 10.1. The lowest BCUT2D eigenvalue weighted by molar-refractivity contribution is 0.785. The van der Waals surface area contributed by atoms with Gasteiger partial charge in [-0.25, -0.2) is 9.97 Å². The molecule has 0 spiro atoms. The lowest BCUT2D eigenvalue weighted by Gasteiger charge is -2.14. The van der Waals surface area contributed by atoms with E-state index in [1.807, 2.05) is 19.2 Å². The molecule has 6 nitrogen and oxygen atoms in total. The van der Waals surface area contributed by atoms with Gasteiger partial charge in [-0.3, -0.25) is 9.67 Å². The first-order chi connectivity index (χ1) is 9.25. The summed E-state index contributed by atoms with van der Waals surface area (Å²) < 4.78 is 1.74. The van der Waals surface area contributed by atoms with Crippen LogP contribution in [0.1, 0.15) is 18.5 Å². The summed E-state index contributed by atoms with van der Waals surface area (Å²) in [5.74, 6) is 0.794. The van der Waals surface area contributed by atoms with Gasteiger partial charge in [-0.1, -0.05) is 0 Å². The van der Waals surface area contributed by atoms with E-state index in [0.29, 0.717) is 0 Å². The smallest absolute Gasteiger partial charge is 0.163 e. The van der Waals surface area contributed by atoms with Crippen molar-refractivity contribution in [2.24, 2.45) is 7.05 Å². The van der Waals surface area contributed by atoms with Crippen LogP contribution in [0.3, 0.4) is 0 Å². The Balaban J connectivity index is 1.93. The van der Waals surface area contributed by atoms with Crippen LogP contribution in [0.15, 0.2) is 37.1 Å². The highest BCUT2D eigenvalue weighted by molar-refractivity contribution is 5.86. The summed E-state index contributed by atoms with van der Waals surface area (Å²) in [6.45, 7) is 2.08. The summed E-state index contributed by atoms with van der Waals surface area (Å²) in [5, 5.41) is 8.51. The number of rotatable bonds is 3. The molecule has 0 saturated carbocycles. The average molecular weight is 254 g/mol. The van der Waals surface area contributed by atoms with Crippen molar-refractivity contribution in [2.45, 2.75) is 13.0 Å². The molecule has 0 radical (unpaired) electrons. The second-order valence-electron chi connectivity index (χ2n) is 4.37. The Hall–Kier alpha value is -2.50. The number of hydrogen-bond acceptors (Lipinski definition) is 5. The van der Waals surface area contributed by atoms with Gasteiger partial charge in [-0.05, 0) is 24.6 Å². The molecule has 3 aromatic heterocycles. The molecule has 0 aliphatic carbocycles. The highest BCUT2D eigenvalue weighted by Gasteiger charge is 2.11. The molecule has 0 aromatic carbocycles. The van der Waals surface area contributed by atoms with E-state index in [0.717, 1.165) is 22.4 Å². The fourth-order valence-corrected chi connectivity index (χ4v) is 2.02. The lowest BCUT2D eigenvalue weighted by Crippen LogP contribution is -2.08. The largest absolute Gasteiger partial charge is 0.363 e. The van der Waals surface area contributed by atoms with Crippen molar-refractivity contribution in [1.29, 1.82) is 0 Å². The van der Waals surface area contributed by atoms with Crippen molar-refractivity contribution in [2.75, 3.05) is 5.32 Å². The van der Waals surface area contributed by atoms with Crippen LogP contribution < -0.4 is 5.32 Å². The molecule has 0 fully saturated rings. The molecule has 1 N–H and O–H groups in total. The minimum atomic E-state index is 0.140. The van der Waals surface area contributed by atoms with E-state index >= 15 is 0 Å². The standard InChI is InChI=1S/C13H14N6/c1-9(10-3-5-14-6-4-10)18-12-11-7-17-19(2)13(11)16-8-15-12/h3-9H,1-2H3,(H,15,16,18). The van der Waals surface area contributed by atoms with Crippen molar-refractivity contribution in [3.05, 3.63) is 42.6 Å². The van der Waals surface area contributed by atoms with Crippen LogP contribution in [0.4, 0.5) is 5.82 Å². The van der Waals surface area contributed by atoms with Crippen molar-refractivity contribution in [1.82, 2.24) is 24.7 Å². The van der Waals surface area contributed by atoms with Gasteiger partial charge in [0, 0.05) is 19.4 Å². The third-order valence-electron chi connectivity index (χ3n) is 3.09. The Kier molecular flexibility index (Phi) is 2.83. The maximum atomic E-state index is 4.29. The fraction of sp³-hybridized carbons (Fsp3) is 0.231. The molecule has 0 aliphatic heterocycles. The molecule has 19 heavy (non-hydrogen) atoms. The van der Waals surface area contributed by atoms with E-state index in [1.54, 1.807) is 29.6 Å². The van der Waals surface area contributed by atoms with Crippen LogP contribution in [0.25, 0.3) is 11.0 Å². The van der Waals surface area contributed by atoms with E-state index in [9.17, 15) is 0 Å². The van der Waals surface area contributed by atoms with E-state index in [-0.39, 0.29) is 6.04 Å². The van der Waals surface area contributed by atoms with E-state index in [1.165, 1.54) is 0 Å². The summed E-state index contributed by atoms with van der Waals surface area (Å²) >= 11 is 0. The van der Waals surface area contributed by atoms with Crippen LogP contribution in [0.2, 0.25) is 0 Å². The Morgan fingerprint density at radius 1 is 1.21 bits per heavy atom. The first-order valence-electron chi connectivity index (χ1n) is 6.05. The molecule has 3 aromatic rings. The molecule has 0 aliphatic rings. The molecule has 0 bridgehead atoms. The number of pyridine rings is 1. The van der Waals surface area contributed by atoms with E-state index < -0.39 is 0 Å². The molecule has 6 heteroatoms. The number of fused-ring (bicyclic) bond motifs is 1. The highest BCUT2D eigenvalue weighted by Crippen LogP contribution is 2.22. The number of aromatic nitrogens is 5. The Morgan fingerprint density at radius 3 is 2.79 bits per heavy atom. The Morgan fingerprint density at radius 2 is 2.00 bits per heavy atom. The molecule has 96 valence electrons. The van der Waals surface area contributed by atoms with Crippen LogP contribution in [-0.2, 0) is 7.05 Å². The Bertz CT molecular complexity index is 691. The average Bonchev–Trinajstić information content (AvgIpc) is 2.83. The summed E-state index contributed by atoms with van der Waals surface area (Å²) in [6, 6.07) is 4.11. The molecule has 3 heterocycles. The van der Waals surface area contributed by atoms with Crippen LogP contribution in [-0.4, -0.2) is 24.7 Å². The summed E-state index contributed by atoms with van der Waals surface area (Å²) in [4.78, 5) is 12.5. The van der Waals surface area contributed by atoms with Crippen LogP contribution >= 0.6 is 0 Å². The molecular formula is C13H14N6. The minimum absolute atomic E-state index is 0.140. The van der Waals surface area contributed by atoms with Gasteiger partial charge in [0.05, 0.1) is 17.6 Å². The second-order valence-corrected chi connectivity index (χ2v) is 4.37. The van der Waals surface area contributed by atoms with Gasteiger partial charge in [0.2, 0.25) is 0 Å². The Labute approximate surface area is 110 Å².